The van der Waals surface area contributed by atoms with Crippen LogP contribution in [0.15, 0.2) is 97.2 Å². The van der Waals surface area contributed by atoms with Crippen molar-refractivity contribution in [3.63, 3.8) is 0 Å². The molecule has 0 aliphatic heterocycles. The van der Waals surface area contributed by atoms with E-state index in [2.05, 4.69) is 118 Å². The Morgan fingerprint density at radius 1 is 0.259 bits per heavy atom. The van der Waals surface area contributed by atoms with E-state index in [9.17, 15) is 14.4 Å². The Morgan fingerprint density at radius 3 is 0.778 bits per heavy atom. The van der Waals surface area contributed by atoms with Gasteiger partial charge in [0.05, 0.1) is 0 Å². The molecule has 81 heavy (non-hydrogen) atoms. The van der Waals surface area contributed by atoms with E-state index in [0.717, 1.165) is 109 Å². The first-order valence-corrected chi connectivity index (χ1v) is 34.7. The number of hydrogen-bond donors (Lipinski definition) is 0. The second-order valence-corrected chi connectivity index (χ2v) is 23.1. The number of unbranched alkanes of at least 4 members (excludes halogenated alkanes) is 36. The van der Waals surface area contributed by atoms with E-state index in [4.69, 9.17) is 14.2 Å². The Balaban J connectivity index is 4.43. The molecule has 0 saturated carbocycles. The second-order valence-electron chi connectivity index (χ2n) is 23.1. The summed E-state index contributed by atoms with van der Waals surface area (Å²) in [6.07, 6.45) is 92.8. The normalized spacial score (nSPS) is 12.7. The van der Waals surface area contributed by atoms with Gasteiger partial charge in [0, 0.05) is 19.3 Å². The molecular formula is C75H130O6. The Morgan fingerprint density at radius 2 is 0.481 bits per heavy atom. The van der Waals surface area contributed by atoms with E-state index < -0.39 is 6.10 Å². The molecule has 0 saturated heterocycles. The van der Waals surface area contributed by atoms with Crippen LogP contribution in [0.25, 0.3) is 0 Å². The summed E-state index contributed by atoms with van der Waals surface area (Å²) in [6, 6.07) is 0. The maximum atomic E-state index is 13.0. The zero-order valence-corrected chi connectivity index (χ0v) is 53.5. The van der Waals surface area contributed by atoms with Crippen LogP contribution in [0.2, 0.25) is 0 Å². The average molecular weight is 1130 g/mol. The van der Waals surface area contributed by atoms with Crippen molar-refractivity contribution in [2.24, 2.45) is 0 Å². The molecule has 0 aromatic rings. The maximum Gasteiger partial charge on any atom is 0.306 e. The molecular weight excluding hydrogens is 997 g/mol. The van der Waals surface area contributed by atoms with E-state index in [1.54, 1.807) is 0 Å². The summed E-state index contributed by atoms with van der Waals surface area (Å²) in [5.41, 5.74) is 0. The van der Waals surface area contributed by atoms with E-state index in [0.29, 0.717) is 19.3 Å². The predicted octanol–water partition coefficient (Wildman–Crippen LogP) is 24.0. The van der Waals surface area contributed by atoms with Gasteiger partial charge in [-0.2, -0.15) is 0 Å². The van der Waals surface area contributed by atoms with E-state index in [-0.39, 0.29) is 31.1 Å². The highest BCUT2D eigenvalue weighted by molar-refractivity contribution is 5.71. The Bertz CT molecular complexity index is 1580. The predicted molar refractivity (Wildman–Crippen MR) is 353 cm³/mol. The van der Waals surface area contributed by atoms with Crippen molar-refractivity contribution in [1.29, 1.82) is 0 Å². The lowest BCUT2D eigenvalue weighted by atomic mass is 10.0. The maximum absolute atomic E-state index is 13.0. The molecule has 0 bridgehead atoms. The summed E-state index contributed by atoms with van der Waals surface area (Å²) in [5.74, 6) is -0.905. The lowest BCUT2D eigenvalue weighted by molar-refractivity contribution is -0.167. The Labute approximate surface area is 502 Å². The quantitative estimate of drug-likeness (QED) is 0.0261. The molecule has 466 valence electrons. The van der Waals surface area contributed by atoms with Crippen molar-refractivity contribution >= 4 is 17.9 Å². The summed E-state index contributed by atoms with van der Waals surface area (Å²) < 4.78 is 17.0. The molecule has 0 aliphatic rings. The number of carbonyl (C=O) groups excluding carboxylic acids is 3. The fraction of sp³-hybridized carbons (Fsp3) is 0.747. The first-order chi connectivity index (χ1) is 40.0. The molecule has 1 unspecified atom stereocenters. The average Bonchev–Trinajstić information content (AvgIpc) is 3.47. The number of esters is 3. The summed E-state index contributed by atoms with van der Waals surface area (Å²) in [5, 5.41) is 0. The van der Waals surface area contributed by atoms with Gasteiger partial charge in [-0.05, 0) is 103 Å². The third kappa shape index (κ3) is 67.0. The fourth-order valence-corrected chi connectivity index (χ4v) is 9.89. The summed E-state index contributed by atoms with van der Waals surface area (Å²) in [4.78, 5) is 38.5. The minimum atomic E-state index is -0.794. The van der Waals surface area contributed by atoms with Crippen LogP contribution in [0.5, 0.6) is 0 Å². The molecule has 0 rings (SSSR count). The first kappa shape index (κ1) is 77.3. The standard InChI is InChI=1S/C75H130O6/c1-4-7-10-13-16-19-22-25-28-31-34-35-36-37-38-39-42-44-47-50-53-56-59-62-65-68-74(77)80-71-72(81-75(78)69-66-63-60-57-54-51-48-45-41-33-30-27-24-21-18-15-12-9-6-3)70-79-73(76)67-64-61-58-55-52-49-46-43-40-32-29-26-23-20-17-14-11-8-5-2/h7,10,16,19,25,27-28,30,34-35,37-38,42,44,50,53,72H,4-6,8-9,11-15,17-18,20-24,26,29,31-33,36,39-41,43,45-49,51-52,54-71H2,1-3H3/b10-7-,19-16-,28-25-,30-27-,35-34-,38-37-,44-42-,53-50-. The fourth-order valence-electron chi connectivity index (χ4n) is 9.89. The number of allylic oxidation sites excluding steroid dienone is 16. The van der Waals surface area contributed by atoms with Crippen LogP contribution in [0.4, 0.5) is 0 Å². The first-order valence-electron chi connectivity index (χ1n) is 34.7. The minimum absolute atomic E-state index is 0.0859. The highest BCUT2D eigenvalue weighted by Gasteiger charge is 2.19. The van der Waals surface area contributed by atoms with Crippen molar-refractivity contribution in [3.05, 3.63) is 97.2 Å². The van der Waals surface area contributed by atoms with Crippen molar-refractivity contribution < 1.29 is 28.6 Å². The molecule has 0 aromatic carbocycles. The van der Waals surface area contributed by atoms with Crippen LogP contribution in [0.3, 0.4) is 0 Å². The van der Waals surface area contributed by atoms with Gasteiger partial charge in [-0.25, -0.2) is 0 Å². The lowest BCUT2D eigenvalue weighted by Gasteiger charge is -2.18. The third-order valence-corrected chi connectivity index (χ3v) is 15.1. The zero-order chi connectivity index (χ0) is 58.5. The summed E-state index contributed by atoms with van der Waals surface area (Å²) in [6.45, 7) is 6.54. The van der Waals surface area contributed by atoms with Gasteiger partial charge in [0.2, 0.25) is 0 Å². The molecule has 0 heterocycles. The van der Waals surface area contributed by atoms with Crippen molar-refractivity contribution in [2.45, 2.75) is 348 Å². The van der Waals surface area contributed by atoms with Crippen LogP contribution >= 0.6 is 0 Å². The Kier molecular flexibility index (Phi) is 65.7. The van der Waals surface area contributed by atoms with Gasteiger partial charge >= 0.3 is 17.9 Å². The van der Waals surface area contributed by atoms with E-state index in [1.807, 2.05) is 0 Å². The summed E-state index contributed by atoms with van der Waals surface area (Å²) in [7, 11) is 0. The molecule has 1 atom stereocenters. The molecule has 0 amide bonds. The molecule has 0 N–H and O–H groups in total. The van der Waals surface area contributed by atoms with Gasteiger partial charge in [0.15, 0.2) is 6.10 Å². The van der Waals surface area contributed by atoms with Gasteiger partial charge in [-0.3, -0.25) is 14.4 Å². The van der Waals surface area contributed by atoms with Crippen molar-refractivity contribution in [2.75, 3.05) is 13.2 Å². The highest BCUT2D eigenvalue weighted by Crippen LogP contribution is 2.17. The lowest BCUT2D eigenvalue weighted by Crippen LogP contribution is -2.30. The van der Waals surface area contributed by atoms with Gasteiger partial charge in [-0.15, -0.1) is 0 Å². The molecule has 0 radical (unpaired) electrons. The summed E-state index contributed by atoms with van der Waals surface area (Å²) >= 11 is 0. The number of ether oxygens (including phenoxy) is 3. The monoisotopic (exact) mass is 1130 g/mol. The van der Waals surface area contributed by atoms with Crippen molar-refractivity contribution in [1.82, 2.24) is 0 Å². The smallest absolute Gasteiger partial charge is 0.306 e. The molecule has 0 aliphatic carbocycles. The third-order valence-electron chi connectivity index (χ3n) is 15.1. The second kappa shape index (κ2) is 68.8. The van der Waals surface area contributed by atoms with Crippen LogP contribution in [-0.4, -0.2) is 37.2 Å². The zero-order valence-electron chi connectivity index (χ0n) is 53.5. The van der Waals surface area contributed by atoms with Gasteiger partial charge in [0.25, 0.3) is 0 Å². The SMILES string of the molecule is CC/C=C\C/C=C\C/C=C\C/C=C\C/C=C\C/C=C\C/C=C\CCCCCC(=O)OCC(COC(=O)CCCCCCCCCCCCCCCCCCCCC)OC(=O)CCCCCCCCCCC/C=C\CCCCCCCC. The largest absolute Gasteiger partial charge is 0.462 e. The van der Waals surface area contributed by atoms with Crippen molar-refractivity contribution in [3.8, 4) is 0 Å². The molecule has 0 fully saturated rings. The number of hydrogen-bond acceptors (Lipinski definition) is 6. The molecule has 0 aromatic heterocycles. The van der Waals surface area contributed by atoms with Gasteiger partial charge in [-0.1, -0.05) is 317 Å². The molecule has 6 nitrogen and oxygen atoms in total. The highest BCUT2D eigenvalue weighted by atomic mass is 16.6. The number of carbonyl (C=O) groups is 3. The molecule has 6 heteroatoms. The van der Waals surface area contributed by atoms with Crippen LogP contribution < -0.4 is 0 Å². The van der Waals surface area contributed by atoms with Crippen LogP contribution in [0, 0.1) is 0 Å². The van der Waals surface area contributed by atoms with E-state index in [1.165, 1.54) is 193 Å². The molecule has 0 spiro atoms. The Hall–Kier alpha value is -3.67. The van der Waals surface area contributed by atoms with E-state index >= 15 is 0 Å². The van der Waals surface area contributed by atoms with Crippen LogP contribution in [-0.2, 0) is 28.6 Å². The topological polar surface area (TPSA) is 78.9 Å². The van der Waals surface area contributed by atoms with Gasteiger partial charge in [0.1, 0.15) is 13.2 Å². The van der Waals surface area contributed by atoms with Gasteiger partial charge < -0.3 is 14.2 Å². The number of rotatable bonds is 63. The minimum Gasteiger partial charge on any atom is -0.462 e. The van der Waals surface area contributed by atoms with Crippen LogP contribution in [0.1, 0.15) is 342 Å².